The molecule has 2 rings (SSSR count). The first-order valence-electron chi connectivity index (χ1n) is 8.41. The van der Waals surface area contributed by atoms with Crippen molar-refractivity contribution in [2.24, 2.45) is 0 Å². The van der Waals surface area contributed by atoms with Gasteiger partial charge >= 0.3 is 0 Å². The lowest BCUT2D eigenvalue weighted by molar-refractivity contribution is -0.116. The summed E-state index contributed by atoms with van der Waals surface area (Å²) in [6.45, 7) is 2.19. The van der Waals surface area contributed by atoms with E-state index in [2.05, 4.69) is 12.2 Å². The Morgan fingerprint density at radius 1 is 0.870 bits per heavy atom. The molecule has 0 radical (unpaired) electrons. The normalized spacial score (nSPS) is 10.3. The summed E-state index contributed by atoms with van der Waals surface area (Å²) in [7, 11) is 0. The molecule has 2 aromatic carbocycles. The number of benzene rings is 2. The van der Waals surface area contributed by atoms with E-state index in [-0.39, 0.29) is 5.91 Å². The van der Waals surface area contributed by atoms with Crippen molar-refractivity contribution in [3.05, 3.63) is 54.6 Å². The molecule has 0 fully saturated rings. The minimum absolute atomic E-state index is 0.0817. The van der Waals surface area contributed by atoms with Crippen LogP contribution in [0.1, 0.15) is 45.4 Å². The molecule has 0 aliphatic rings. The van der Waals surface area contributed by atoms with Gasteiger partial charge in [0, 0.05) is 12.1 Å². The number of para-hydroxylation sites is 1. The standard InChI is InChI=1S/C20H25NO2/c1-2-3-4-5-9-12-20(22)21-17-13-15-19(16-14-17)23-18-10-7-6-8-11-18/h6-8,10-11,13-16H,2-5,9,12H2,1H3,(H,21,22). The molecule has 3 nitrogen and oxygen atoms in total. The summed E-state index contributed by atoms with van der Waals surface area (Å²) >= 11 is 0. The molecule has 2 aromatic rings. The van der Waals surface area contributed by atoms with E-state index < -0.39 is 0 Å². The van der Waals surface area contributed by atoms with E-state index >= 15 is 0 Å². The fraction of sp³-hybridized carbons (Fsp3) is 0.350. The van der Waals surface area contributed by atoms with Crippen LogP contribution >= 0.6 is 0 Å². The second-order valence-corrected chi connectivity index (χ2v) is 5.65. The number of unbranched alkanes of at least 4 members (excludes halogenated alkanes) is 4. The van der Waals surface area contributed by atoms with Crippen LogP contribution in [0.4, 0.5) is 5.69 Å². The van der Waals surface area contributed by atoms with E-state index in [4.69, 9.17) is 4.74 Å². The molecule has 0 unspecified atom stereocenters. The molecular weight excluding hydrogens is 286 g/mol. The quantitative estimate of drug-likeness (QED) is 0.596. The van der Waals surface area contributed by atoms with Crippen molar-refractivity contribution in [3.63, 3.8) is 0 Å². The first-order valence-corrected chi connectivity index (χ1v) is 8.41. The average Bonchev–Trinajstić information content (AvgIpc) is 2.57. The highest BCUT2D eigenvalue weighted by molar-refractivity contribution is 5.90. The Morgan fingerprint density at radius 2 is 1.52 bits per heavy atom. The van der Waals surface area contributed by atoms with Crippen molar-refractivity contribution < 1.29 is 9.53 Å². The lowest BCUT2D eigenvalue weighted by atomic mass is 10.1. The van der Waals surface area contributed by atoms with Gasteiger partial charge in [-0.2, -0.15) is 0 Å². The summed E-state index contributed by atoms with van der Waals surface area (Å²) in [6, 6.07) is 17.1. The van der Waals surface area contributed by atoms with Crippen LogP contribution in [0.3, 0.4) is 0 Å². The van der Waals surface area contributed by atoms with Crippen molar-refractivity contribution in [2.45, 2.75) is 45.4 Å². The van der Waals surface area contributed by atoms with E-state index in [9.17, 15) is 4.79 Å². The van der Waals surface area contributed by atoms with Gasteiger partial charge in [-0.25, -0.2) is 0 Å². The third kappa shape index (κ3) is 6.55. The Morgan fingerprint density at radius 3 is 2.22 bits per heavy atom. The fourth-order valence-corrected chi connectivity index (χ4v) is 2.34. The molecule has 0 bridgehead atoms. The van der Waals surface area contributed by atoms with Gasteiger partial charge in [0.05, 0.1) is 0 Å². The van der Waals surface area contributed by atoms with E-state index in [1.165, 1.54) is 19.3 Å². The van der Waals surface area contributed by atoms with Crippen LogP contribution in [0.2, 0.25) is 0 Å². The van der Waals surface area contributed by atoms with Gasteiger partial charge in [0.1, 0.15) is 11.5 Å². The molecule has 1 amide bonds. The van der Waals surface area contributed by atoms with Crippen LogP contribution in [-0.2, 0) is 4.79 Å². The third-order valence-corrected chi connectivity index (χ3v) is 3.62. The molecule has 0 saturated carbocycles. The summed E-state index contributed by atoms with van der Waals surface area (Å²) in [5.74, 6) is 1.64. The van der Waals surface area contributed by atoms with Crippen LogP contribution < -0.4 is 10.1 Å². The zero-order valence-corrected chi connectivity index (χ0v) is 13.8. The molecule has 122 valence electrons. The lowest BCUT2D eigenvalue weighted by Crippen LogP contribution is -2.10. The molecule has 0 spiro atoms. The van der Waals surface area contributed by atoms with Crippen molar-refractivity contribution in [1.29, 1.82) is 0 Å². The van der Waals surface area contributed by atoms with Gasteiger partial charge in [-0.05, 0) is 42.8 Å². The molecule has 23 heavy (non-hydrogen) atoms. The van der Waals surface area contributed by atoms with Gasteiger partial charge in [-0.3, -0.25) is 4.79 Å². The molecule has 1 N–H and O–H groups in total. The summed E-state index contributed by atoms with van der Waals surface area (Å²) < 4.78 is 5.73. The smallest absolute Gasteiger partial charge is 0.224 e. The Labute approximate surface area is 138 Å². The Bertz CT molecular complexity index is 578. The predicted molar refractivity (Wildman–Crippen MR) is 95.0 cm³/mol. The Kier molecular flexibility index (Phi) is 7.18. The molecule has 0 aromatic heterocycles. The lowest BCUT2D eigenvalue weighted by Gasteiger charge is -2.08. The third-order valence-electron chi connectivity index (χ3n) is 3.62. The molecule has 0 aliphatic carbocycles. The summed E-state index contributed by atoms with van der Waals surface area (Å²) in [4.78, 5) is 11.9. The molecule has 0 heterocycles. The first kappa shape index (κ1) is 17.1. The van der Waals surface area contributed by atoms with Crippen LogP contribution in [0.25, 0.3) is 0 Å². The van der Waals surface area contributed by atoms with E-state index in [0.29, 0.717) is 6.42 Å². The highest BCUT2D eigenvalue weighted by atomic mass is 16.5. The van der Waals surface area contributed by atoms with Gasteiger partial charge in [0.2, 0.25) is 5.91 Å². The van der Waals surface area contributed by atoms with Gasteiger partial charge in [0.15, 0.2) is 0 Å². The number of amides is 1. The zero-order valence-electron chi connectivity index (χ0n) is 13.8. The molecule has 0 atom stereocenters. The Balaban J connectivity index is 1.75. The second kappa shape index (κ2) is 9.67. The minimum atomic E-state index is 0.0817. The maximum Gasteiger partial charge on any atom is 0.224 e. The maximum absolute atomic E-state index is 11.9. The number of rotatable bonds is 9. The summed E-state index contributed by atoms with van der Waals surface area (Å²) in [5, 5.41) is 2.93. The van der Waals surface area contributed by atoms with Crippen molar-refractivity contribution in [1.82, 2.24) is 0 Å². The number of ether oxygens (including phenoxy) is 1. The number of anilines is 1. The topological polar surface area (TPSA) is 38.3 Å². The molecule has 0 aliphatic heterocycles. The van der Waals surface area contributed by atoms with E-state index in [0.717, 1.165) is 30.0 Å². The number of carbonyl (C=O) groups excluding carboxylic acids is 1. The van der Waals surface area contributed by atoms with Crippen LogP contribution in [0.5, 0.6) is 11.5 Å². The minimum Gasteiger partial charge on any atom is -0.457 e. The zero-order chi connectivity index (χ0) is 16.3. The average molecular weight is 311 g/mol. The number of nitrogens with one attached hydrogen (secondary N) is 1. The van der Waals surface area contributed by atoms with Gasteiger partial charge in [0.25, 0.3) is 0 Å². The maximum atomic E-state index is 11.9. The second-order valence-electron chi connectivity index (χ2n) is 5.65. The Hall–Kier alpha value is -2.29. The van der Waals surface area contributed by atoms with Gasteiger partial charge < -0.3 is 10.1 Å². The first-order chi connectivity index (χ1) is 11.3. The molecule has 3 heteroatoms. The van der Waals surface area contributed by atoms with Crippen molar-refractivity contribution in [2.75, 3.05) is 5.32 Å². The summed E-state index contributed by atoms with van der Waals surface area (Å²) in [6.07, 6.45) is 6.38. The van der Waals surface area contributed by atoms with Crippen LogP contribution in [0.15, 0.2) is 54.6 Å². The van der Waals surface area contributed by atoms with Crippen molar-refractivity contribution >= 4 is 11.6 Å². The highest BCUT2D eigenvalue weighted by Gasteiger charge is 2.03. The fourth-order valence-electron chi connectivity index (χ4n) is 2.34. The molecular formula is C20H25NO2. The van der Waals surface area contributed by atoms with E-state index in [1.54, 1.807) is 0 Å². The predicted octanol–water partition coefficient (Wildman–Crippen LogP) is 5.78. The van der Waals surface area contributed by atoms with Crippen molar-refractivity contribution in [3.8, 4) is 11.5 Å². The SMILES string of the molecule is CCCCCCCC(=O)Nc1ccc(Oc2ccccc2)cc1. The molecule has 0 saturated heterocycles. The van der Waals surface area contributed by atoms with Gasteiger partial charge in [-0.15, -0.1) is 0 Å². The highest BCUT2D eigenvalue weighted by Crippen LogP contribution is 2.22. The van der Waals surface area contributed by atoms with Crippen LogP contribution in [-0.4, -0.2) is 5.91 Å². The monoisotopic (exact) mass is 311 g/mol. The number of hydrogen-bond acceptors (Lipinski definition) is 2. The largest absolute Gasteiger partial charge is 0.457 e. The van der Waals surface area contributed by atoms with Gasteiger partial charge in [-0.1, -0.05) is 50.8 Å². The summed E-state index contributed by atoms with van der Waals surface area (Å²) in [5.41, 5.74) is 0.809. The van der Waals surface area contributed by atoms with Crippen LogP contribution in [0, 0.1) is 0 Å². The van der Waals surface area contributed by atoms with E-state index in [1.807, 2.05) is 54.6 Å². The number of carbonyl (C=O) groups is 1. The number of hydrogen-bond donors (Lipinski definition) is 1.